The van der Waals surface area contributed by atoms with Gasteiger partial charge in [0, 0.05) is 7.05 Å². The molecule has 1 heterocycles. The maximum atomic E-state index is 12.0. The SMILES string of the molecule is CCCC(NC(=O)c1cc(C)nn1C)C(N)=S. The molecule has 0 aliphatic rings. The summed E-state index contributed by atoms with van der Waals surface area (Å²) in [4.78, 5) is 12.3. The molecule has 0 bridgehead atoms. The second-order valence-electron chi connectivity index (χ2n) is 4.01. The van der Waals surface area contributed by atoms with Gasteiger partial charge in [-0.1, -0.05) is 25.6 Å². The molecule has 6 heteroatoms. The maximum Gasteiger partial charge on any atom is 0.270 e. The number of hydrogen-bond acceptors (Lipinski definition) is 3. The summed E-state index contributed by atoms with van der Waals surface area (Å²) in [5, 5.41) is 6.94. The Kier molecular flexibility index (Phi) is 4.62. The highest BCUT2D eigenvalue weighted by Gasteiger charge is 2.18. The van der Waals surface area contributed by atoms with E-state index >= 15 is 0 Å². The fourth-order valence-corrected chi connectivity index (χ4v) is 1.81. The lowest BCUT2D eigenvalue weighted by Gasteiger charge is -2.16. The van der Waals surface area contributed by atoms with Crippen LogP contribution in [0.15, 0.2) is 6.07 Å². The molecule has 1 atom stereocenters. The lowest BCUT2D eigenvalue weighted by Crippen LogP contribution is -2.43. The monoisotopic (exact) mass is 254 g/mol. The maximum absolute atomic E-state index is 12.0. The highest BCUT2D eigenvalue weighted by molar-refractivity contribution is 7.80. The number of aromatic nitrogens is 2. The molecule has 0 radical (unpaired) electrons. The van der Waals surface area contributed by atoms with Gasteiger partial charge in [-0.3, -0.25) is 9.48 Å². The summed E-state index contributed by atoms with van der Waals surface area (Å²) in [7, 11) is 1.73. The van der Waals surface area contributed by atoms with Crippen LogP contribution >= 0.6 is 12.2 Å². The molecule has 1 rings (SSSR count). The van der Waals surface area contributed by atoms with Gasteiger partial charge in [0.05, 0.1) is 16.7 Å². The molecule has 94 valence electrons. The first-order valence-corrected chi connectivity index (χ1v) is 5.97. The third-order valence-electron chi connectivity index (χ3n) is 2.46. The molecule has 0 spiro atoms. The van der Waals surface area contributed by atoms with Crippen LogP contribution in [-0.4, -0.2) is 26.7 Å². The minimum Gasteiger partial charge on any atom is -0.392 e. The molecule has 0 aromatic carbocycles. The third-order valence-corrected chi connectivity index (χ3v) is 2.75. The average molecular weight is 254 g/mol. The number of carbonyl (C=O) groups excluding carboxylic acids is 1. The van der Waals surface area contributed by atoms with Gasteiger partial charge in [0.1, 0.15) is 5.69 Å². The number of rotatable bonds is 5. The molecule has 0 aliphatic heterocycles. The van der Waals surface area contributed by atoms with E-state index in [1.807, 2.05) is 13.8 Å². The molecule has 1 unspecified atom stereocenters. The Morgan fingerprint density at radius 3 is 2.76 bits per heavy atom. The number of amides is 1. The Hall–Kier alpha value is -1.43. The van der Waals surface area contributed by atoms with Crippen LogP contribution in [0.25, 0.3) is 0 Å². The predicted molar refractivity (Wildman–Crippen MR) is 70.9 cm³/mol. The molecular weight excluding hydrogens is 236 g/mol. The van der Waals surface area contributed by atoms with E-state index in [1.165, 1.54) is 0 Å². The Labute approximate surface area is 106 Å². The van der Waals surface area contributed by atoms with E-state index in [9.17, 15) is 4.79 Å². The van der Waals surface area contributed by atoms with E-state index in [-0.39, 0.29) is 11.9 Å². The fraction of sp³-hybridized carbons (Fsp3) is 0.545. The van der Waals surface area contributed by atoms with Gasteiger partial charge in [-0.25, -0.2) is 0 Å². The molecule has 5 nitrogen and oxygen atoms in total. The summed E-state index contributed by atoms with van der Waals surface area (Å²) in [6, 6.07) is 1.48. The van der Waals surface area contributed by atoms with Crippen molar-refractivity contribution < 1.29 is 4.79 Å². The van der Waals surface area contributed by atoms with Crippen molar-refractivity contribution in [3.05, 3.63) is 17.5 Å². The second kappa shape index (κ2) is 5.77. The molecule has 1 amide bonds. The van der Waals surface area contributed by atoms with Gasteiger partial charge < -0.3 is 11.1 Å². The fourth-order valence-electron chi connectivity index (χ4n) is 1.63. The van der Waals surface area contributed by atoms with Crippen molar-refractivity contribution in [3.63, 3.8) is 0 Å². The third kappa shape index (κ3) is 3.52. The summed E-state index contributed by atoms with van der Waals surface area (Å²) in [5.41, 5.74) is 6.91. The molecule has 0 saturated carbocycles. The van der Waals surface area contributed by atoms with Gasteiger partial charge in [0.15, 0.2) is 0 Å². The standard InChI is InChI=1S/C11H18N4OS/c1-4-5-8(10(12)17)13-11(16)9-6-7(2)14-15(9)3/h6,8H,4-5H2,1-3H3,(H2,12,17)(H,13,16). The molecule has 1 aromatic rings. The van der Waals surface area contributed by atoms with Crippen LogP contribution in [0.3, 0.4) is 0 Å². The van der Waals surface area contributed by atoms with Crippen LogP contribution in [0.5, 0.6) is 0 Å². The highest BCUT2D eigenvalue weighted by Crippen LogP contribution is 2.04. The minimum absolute atomic E-state index is 0.195. The Morgan fingerprint density at radius 1 is 1.71 bits per heavy atom. The van der Waals surface area contributed by atoms with Crippen molar-refractivity contribution in [1.29, 1.82) is 0 Å². The predicted octanol–water partition coefficient (Wildman–Crippen LogP) is 0.913. The van der Waals surface area contributed by atoms with Crippen molar-refractivity contribution in [2.75, 3.05) is 0 Å². The molecule has 1 aromatic heterocycles. The van der Waals surface area contributed by atoms with Gasteiger partial charge in [-0.2, -0.15) is 5.10 Å². The normalized spacial score (nSPS) is 12.2. The van der Waals surface area contributed by atoms with E-state index < -0.39 is 0 Å². The lowest BCUT2D eigenvalue weighted by atomic mass is 10.1. The number of hydrogen-bond donors (Lipinski definition) is 2. The van der Waals surface area contributed by atoms with Crippen molar-refractivity contribution >= 4 is 23.1 Å². The van der Waals surface area contributed by atoms with Crippen molar-refractivity contribution in [3.8, 4) is 0 Å². The quantitative estimate of drug-likeness (QED) is 0.766. The summed E-state index contributed by atoms with van der Waals surface area (Å²) in [5.74, 6) is -0.195. The molecule has 17 heavy (non-hydrogen) atoms. The van der Waals surface area contributed by atoms with Crippen LogP contribution in [0.4, 0.5) is 0 Å². The van der Waals surface area contributed by atoms with Gasteiger partial charge in [0.2, 0.25) is 0 Å². The Bertz CT molecular complexity index is 427. The number of carbonyl (C=O) groups is 1. The van der Waals surface area contributed by atoms with Crippen LogP contribution in [0.1, 0.15) is 35.9 Å². The van der Waals surface area contributed by atoms with E-state index in [1.54, 1.807) is 17.8 Å². The summed E-state index contributed by atoms with van der Waals surface area (Å²) >= 11 is 4.93. The van der Waals surface area contributed by atoms with Crippen molar-refractivity contribution in [2.24, 2.45) is 12.8 Å². The molecule has 0 aliphatic carbocycles. The van der Waals surface area contributed by atoms with Gasteiger partial charge in [-0.15, -0.1) is 0 Å². The first-order chi connectivity index (χ1) is 7.95. The van der Waals surface area contributed by atoms with Crippen LogP contribution in [-0.2, 0) is 7.05 Å². The molecule has 3 N–H and O–H groups in total. The minimum atomic E-state index is -0.252. The molecule has 0 saturated heterocycles. The Balaban J connectivity index is 2.77. The van der Waals surface area contributed by atoms with Crippen LogP contribution < -0.4 is 11.1 Å². The average Bonchev–Trinajstić information content (AvgIpc) is 2.57. The first kappa shape index (κ1) is 13.6. The van der Waals surface area contributed by atoms with Gasteiger partial charge in [-0.05, 0) is 19.4 Å². The van der Waals surface area contributed by atoms with Gasteiger partial charge >= 0.3 is 0 Å². The topological polar surface area (TPSA) is 72.9 Å². The second-order valence-corrected chi connectivity index (χ2v) is 4.48. The number of thiocarbonyl (C=S) groups is 1. The van der Waals surface area contributed by atoms with Crippen molar-refractivity contribution in [2.45, 2.75) is 32.7 Å². The van der Waals surface area contributed by atoms with Gasteiger partial charge in [0.25, 0.3) is 5.91 Å². The first-order valence-electron chi connectivity index (χ1n) is 5.56. The van der Waals surface area contributed by atoms with Crippen molar-refractivity contribution in [1.82, 2.24) is 15.1 Å². The van der Waals surface area contributed by atoms with E-state index in [2.05, 4.69) is 10.4 Å². The summed E-state index contributed by atoms with van der Waals surface area (Å²) in [6.45, 7) is 3.86. The molecular formula is C11H18N4OS. The van der Waals surface area contributed by atoms with E-state index in [0.29, 0.717) is 10.7 Å². The highest BCUT2D eigenvalue weighted by atomic mass is 32.1. The number of nitrogens with one attached hydrogen (secondary N) is 1. The number of aryl methyl sites for hydroxylation is 2. The zero-order chi connectivity index (χ0) is 13.0. The van der Waals surface area contributed by atoms with E-state index in [0.717, 1.165) is 18.5 Å². The summed E-state index contributed by atoms with van der Waals surface area (Å²) < 4.78 is 1.55. The zero-order valence-corrected chi connectivity index (χ0v) is 11.2. The summed E-state index contributed by atoms with van der Waals surface area (Å²) in [6.07, 6.45) is 1.66. The van der Waals surface area contributed by atoms with E-state index in [4.69, 9.17) is 18.0 Å². The number of nitrogens with zero attached hydrogens (tertiary/aromatic N) is 2. The smallest absolute Gasteiger partial charge is 0.270 e. The number of nitrogens with two attached hydrogens (primary N) is 1. The largest absolute Gasteiger partial charge is 0.392 e. The zero-order valence-electron chi connectivity index (χ0n) is 10.4. The Morgan fingerprint density at radius 2 is 2.35 bits per heavy atom. The molecule has 0 fully saturated rings. The van der Waals surface area contributed by atoms with Crippen LogP contribution in [0, 0.1) is 6.92 Å². The van der Waals surface area contributed by atoms with Crippen LogP contribution in [0.2, 0.25) is 0 Å². The lowest BCUT2D eigenvalue weighted by molar-refractivity contribution is 0.0936.